The first-order valence-corrected chi connectivity index (χ1v) is 10.2. The highest BCUT2D eigenvalue weighted by Gasteiger charge is 2.19. The summed E-state index contributed by atoms with van der Waals surface area (Å²) in [4.78, 5) is 12.1. The van der Waals surface area contributed by atoms with Gasteiger partial charge in [0.2, 0.25) is 0 Å². The number of carbonyl (C=O) groups is 1. The number of aryl methyl sites for hydroxylation is 4. The normalized spacial score (nSPS) is 11.9. The molecule has 0 aliphatic rings. The van der Waals surface area contributed by atoms with Crippen molar-refractivity contribution in [2.45, 2.75) is 65.3 Å². The van der Waals surface area contributed by atoms with Gasteiger partial charge in [-0.3, -0.25) is 0 Å². The molecule has 1 N–H and O–H groups in total. The maximum atomic E-state index is 13.8. The van der Waals surface area contributed by atoms with Gasteiger partial charge in [0.15, 0.2) is 0 Å². The van der Waals surface area contributed by atoms with E-state index in [1.165, 1.54) is 13.2 Å². The van der Waals surface area contributed by atoms with Crippen molar-refractivity contribution in [3.05, 3.63) is 64.2 Å². The van der Waals surface area contributed by atoms with E-state index in [4.69, 9.17) is 4.74 Å². The molecule has 5 heteroatoms. The van der Waals surface area contributed by atoms with Gasteiger partial charge in [-0.15, -0.1) is 0 Å². The third-order valence-electron chi connectivity index (χ3n) is 5.19. The summed E-state index contributed by atoms with van der Waals surface area (Å²) in [6.07, 6.45) is 5.52. The Labute approximate surface area is 172 Å². The molecule has 3 nitrogen and oxygen atoms in total. The summed E-state index contributed by atoms with van der Waals surface area (Å²) in [6.45, 7) is 5.20. The number of halogens is 2. The maximum Gasteiger partial charge on any atom is 0.328 e. The van der Waals surface area contributed by atoms with E-state index in [0.717, 1.165) is 43.4 Å². The summed E-state index contributed by atoms with van der Waals surface area (Å²) in [5, 5.41) is 3.19. The first-order valence-electron chi connectivity index (χ1n) is 10.2. The molecular formula is C24H31F2NO2. The average molecular weight is 404 g/mol. The molecule has 0 amide bonds. The molecule has 1 unspecified atom stereocenters. The minimum Gasteiger partial charge on any atom is -0.467 e. The van der Waals surface area contributed by atoms with Crippen molar-refractivity contribution < 1.29 is 18.3 Å². The second kappa shape index (κ2) is 10.9. The molecular weight excluding hydrogens is 372 g/mol. The van der Waals surface area contributed by atoms with Crippen LogP contribution in [0, 0.1) is 32.4 Å². The van der Waals surface area contributed by atoms with Crippen molar-refractivity contribution in [2.24, 2.45) is 0 Å². The van der Waals surface area contributed by atoms with Crippen molar-refractivity contribution in [2.75, 3.05) is 12.4 Å². The monoisotopic (exact) mass is 403 g/mol. The van der Waals surface area contributed by atoms with E-state index in [0.29, 0.717) is 23.1 Å². The summed E-state index contributed by atoms with van der Waals surface area (Å²) in [5.74, 6) is -0.699. The topological polar surface area (TPSA) is 38.3 Å². The molecule has 29 heavy (non-hydrogen) atoms. The molecule has 0 aliphatic heterocycles. The molecule has 158 valence electrons. The number of carbonyl (C=O) groups excluding carboxylic acids is 1. The fraction of sp³-hybridized carbons (Fsp3) is 0.458. The molecule has 0 bridgehead atoms. The molecule has 0 heterocycles. The van der Waals surface area contributed by atoms with Crippen LogP contribution in [0.4, 0.5) is 14.5 Å². The van der Waals surface area contributed by atoms with Crippen molar-refractivity contribution in [3.8, 4) is 0 Å². The van der Waals surface area contributed by atoms with Crippen LogP contribution in [0.15, 0.2) is 30.3 Å². The third-order valence-corrected chi connectivity index (χ3v) is 5.19. The number of methoxy groups -OCH3 is 1. The Bertz CT molecular complexity index is 813. The fourth-order valence-electron chi connectivity index (χ4n) is 3.52. The lowest BCUT2D eigenvalue weighted by molar-refractivity contribution is -0.141. The summed E-state index contributed by atoms with van der Waals surface area (Å²) in [5.41, 5.74) is 3.66. The SMILES string of the molecule is COC(=O)C(CCCCCCc1ccc(F)c(C)c1)Nc1cc(C)c(F)c(C)c1. The standard InChI is InChI=1S/C24H31F2NO2/c1-16-13-19(11-12-21(16)25)9-7-5-6-8-10-22(24(28)29-4)27-20-14-17(2)23(26)18(3)15-20/h11-15,22,27H,5-10H2,1-4H3. The van der Waals surface area contributed by atoms with Crippen LogP contribution in [0.1, 0.15) is 54.4 Å². The number of esters is 1. The maximum absolute atomic E-state index is 13.8. The molecule has 0 radical (unpaired) electrons. The number of rotatable bonds is 10. The van der Waals surface area contributed by atoms with E-state index in [1.807, 2.05) is 12.1 Å². The van der Waals surface area contributed by atoms with Crippen LogP contribution in [-0.4, -0.2) is 19.1 Å². The van der Waals surface area contributed by atoms with E-state index in [1.54, 1.807) is 32.9 Å². The number of nitrogens with one attached hydrogen (secondary N) is 1. The van der Waals surface area contributed by atoms with Gasteiger partial charge < -0.3 is 10.1 Å². The lowest BCUT2D eigenvalue weighted by Gasteiger charge is -2.18. The Morgan fingerprint density at radius 1 is 0.966 bits per heavy atom. The highest BCUT2D eigenvalue weighted by atomic mass is 19.1. The highest BCUT2D eigenvalue weighted by Crippen LogP contribution is 2.21. The van der Waals surface area contributed by atoms with Crippen LogP contribution in [0.2, 0.25) is 0 Å². The highest BCUT2D eigenvalue weighted by molar-refractivity contribution is 5.79. The Kier molecular flexibility index (Phi) is 8.62. The Hall–Kier alpha value is -2.43. The zero-order valence-electron chi connectivity index (χ0n) is 17.8. The van der Waals surface area contributed by atoms with Crippen LogP contribution < -0.4 is 5.32 Å². The van der Waals surface area contributed by atoms with Gasteiger partial charge in [-0.1, -0.05) is 31.4 Å². The predicted molar refractivity (Wildman–Crippen MR) is 113 cm³/mol. The molecule has 0 aliphatic carbocycles. The lowest BCUT2D eigenvalue weighted by Crippen LogP contribution is -2.30. The number of ether oxygens (including phenoxy) is 1. The zero-order chi connectivity index (χ0) is 21.4. The number of benzene rings is 2. The second-order valence-corrected chi connectivity index (χ2v) is 7.68. The molecule has 0 aromatic heterocycles. The number of hydrogen-bond donors (Lipinski definition) is 1. The number of unbranched alkanes of at least 4 members (excludes halogenated alkanes) is 3. The van der Waals surface area contributed by atoms with Crippen molar-refractivity contribution in [1.82, 2.24) is 0 Å². The molecule has 0 spiro atoms. The number of hydrogen-bond acceptors (Lipinski definition) is 3. The van der Waals surface area contributed by atoms with Crippen LogP contribution >= 0.6 is 0 Å². The van der Waals surface area contributed by atoms with Crippen molar-refractivity contribution in [1.29, 1.82) is 0 Å². The van der Waals surface area contributed by atoms with Gasteiger partial charge >= 0.3 is 5.97 Å². The average Bonchev–Trinajstić information content (AvgIpc) is 2.69. The van der Waals surface area contributed by atoms with Crippen molar-refractivity contribution in [3.63, 3.8) is 0 Å². The van der Waals surface area contributed by atoms with Gasteiger partial charge in [0.05, 0.1) is 7.11 Å². The summed E-state index contributed by atoms with van der Waals surface area (Å²) in [6, 6.07) is 8.23. The summed E-state index contributed by atoms with van der Waals surface area (Å²) >= 11 is 0. The van der Waals surface area contributed by atoms with Crippen molar-refractivity contribution >= 4 is 11.7 Å². The van der Waals surface area contributed by atoms with Crippen LogP contribution in [0.5, 0.6) is 0 Å². The summed E-state index contributed by atoms with van der Waals surface area (Å²) < 4.78 is 32.1. The lowest BCUT2D eigenvalue weighted by atomic mass is 10.0. The first kappa shape index (κ1) is 22.9. The van der Waals surface area contributed by atoms with Gasteiger partial charge in [-0.25, -0.2) is 13.6 Å². The van der Waals surface area contributed by atoms with Gasteiger partial charge in [-0.05, 0) is 80.5 Å². The molecule has 0 saturated carbocycles. The Balaban J connectivity index is 1.80. The molecule has 0 saturated heterocycles. The quantitative estimate of drug-likeness (QED) is 0.388. The first-order chi connectivity index (χ1) is 13.8. The fourth-order valence-corrected chi connectivity index (χ4v) is 3.52. The Morgan fingerprint density at radius 2 is 1.62 bits per heavy atom. The van der Waals surface area contributed by atoms with Crippen LogP contribution in [0.3, 0.4) is 0 Å². The van der Waals surface area contributed by atoms with E-state index >= 15 is 0 Å². The van der Waals surface area contributed by atoms with Gasteiger partial charge in [0.1, 0.15) is 17.7 Å². The predicted octanol–water partition coefficient (Wildman–Crippen LogP) is 6.04. The minimum absolute atomic E-state index is 0.165. The Morgan fingerprint density at radius 3 is 2.24 bits per heavy atom. The van der Waals surface area contributed by atoms with Gasteiger partial charge in [0, 0.05) is 5.69 Å². The van der Waals surface area contributed by atoms with Gasteiger partial charge in [0.25, 0.3) is 0 Å². The van der Waals surface area contributed by atoms with Crippen LogP contribution in [0.25, 0.3) is 0 Å². The van der Waals surface area contributed by atoms with E-state index in [-0.39, 0.29) is 17.6 Å². The largest absolute Gasteiger partial charge is 0.467 e. The third kappa shape index (κ3) is 6.84. The summed E-state index contributed by atoms with van der Waals surface area (Å²) in [7, 11) is 1.38. The van der Waals surface area contributed by atoms with Crippen LogP contribution in [-0.2, 0) is 16.0 Å². The number of anilines is 1. The second-order valence-electron chi connectivity index (χ2n) is 7.68. The van der Waals surface area contributed by atoms with E-state index < -0.39 is 6.04 Å². The van der Waals surface area contributed by atoms with E-state index in [9.17, 15) is 13.6 Å². The minimum atomic E-state index is -0.455. The molecule has 1 atom stereocenters. The van der Waals surface area contributed by atoms with Gasteiger partial charge in [-0.2, -0.15) is 0 Å². The smallest absolute Gasteiger partial charge is 0.328 e. The zero-order valence-corrected chi connectivity index (χ0v) is 17.8. The van der Waals surface area contributed by atoms with E-state index in [2.05, 4.69) is 5.32 Å². The molecule has 0 fully saturated rings. The molecule has 2 aromatic carbocycles. The molecule has 2 aromatic rings. The molecule has 2 rings (SSSR count).